The van der Waals surface area contributed by atoms with Crippen LogP contribution in [-0.4, -0.2) is 52.1 Å². The Hall–Kier alpha value is -2.96. The molecule has 2 aromatic rings. The fourth-order valence-electron chi connectivity index (χ4n) is 1.78. The Kier molecular flexibility index (Phi) is 5.24. The van der Waals surface area contributed by atoms with Gasteiger partial charge in [0.2, 0.25) is 0 Å². The normalized spacial score (nSPS) is 10.2. The lowest BCUT2D eigenvalue weighted by atomic mass is 10.2. The van der Waals surface area contributed by atoms with Crippen molar-refractivity contribution in [3.63, 3.8) is 0 Å². The zero-order valence-corrected chi connectivity index (χ0v) is 12.9. The maximum Gasteiger partial charge on any atom is 0.356 e. The summed E-state index contributed by atoms with van der Waals surface area (Å²) >= 11 is 0. The molecule has 1 N–H and O–H groups in total. The molecule has 23 heavy (non-hydrogen) atoms. The lowest BCUT2D eigenvalue weighted by molar-refractivity contribution is 0.0686. The van der Waals surface area contributed by atoms with Crippen LogP contribution in [0.25, 0.3) is 0 Å². The smallest absolute Gasteiger partial charge is 0.356 e. The number of carboxylic acids is 1. The molecule has 0 radical (unpaired) electrons. The fourth-order valence-corrected chi connectivity index (χ4v) is 1.78. The summed E-state index contributed by atoms with van der Waals surface area (Å²) in [6.07, 6.45) is 2.22. The Bertz CT molecular complexity index is 683. The largest absolute Gasteiger partial charge is 0.492 e. The topological polar surface area (TPSA) is 92.6 Å². The summed E-state index contributed by atoms with van der Waals surface area (Å²) in [5.41, 5.74) is 1.03. The number of carbonyl (C=O) groups is 2. The first-order valence-electron chi connectivity index (χ1n) is 6.97. The first-order chi connectivity index (χ1) is 11.0. The van der Waals surface area contributed by atoms with E-state index in [2.05, 4.69) is 9.97 Å². The van der Waals surface area contributed by atoms with Crippen LogP contribution in [0, 0.1) is 6.92 Å². The van der Waals surface area contributed by atoms with Gasteiger partial charge in [0, 0.05) is 7.05 Å². The summed E-state index contributed by atoms with van der Waals surface area (Å²) in [7, 11) is 1.62. The van der Waals surface area contributed by atoms with E-state index in [1.165, 1.54) is 4.90 Å². The number of carboxylic acid groups (broad SMARTS) is 1. The number of amides is 1. The highest BCUT2D eigenvalue weighted by molar-refractivity contribution is 5.92. The minimum atomic E-state index is -1.18. The molecule has 0 fully saturated rings. The van der Waals surface area contributed by atoms with Gasteiger partial charge in [0.25, 0.3) is 5.91 Å². The molecule has 0 saturated heterocycles. The Labute approximate surface area is 133 Å². The van der Waals surface area contributed by atoms with Gasteiger partial charge >= 0.3 is 5.97 Å². The minimum absolute atomic E-state index is 0.0906. The minimum Gasteiger partial charge on any atom is -0.492 e. The van der Waals surface area contributed by atoms with Gasteiger partial charge in [-0.3, -0.25) is 4.79 Å². The van der Waals surface area contributed by atoms with Gasteiger partial charge < -0.3 is 14.7 Å². The van der Waals surface area contributed by atoms with E-state index in [1.54, 1.807) is 7.05 Å². The second kappa shape index (κ2) is 7.35. The molecule has 1 heterocycles. The van der Waals surface area contributed by atoms with Gasteiger partial charge in [-0.2, -0.15) is 0 Å². The number of hydrogen-bond donors (Lipinski definition) is 1. The number of ether oxygens (including phenoxy) is 1. The molecule has 0 aliphatic rings. The summed E-state index contributed by atoms with van der Waals surface area (Å²) in [6.45, 7) is 2.70. The predicted molar refractivity (Wildman–Crippen MR) is 82.6 cm³/mol. The molecule has 1 amide bonds. The summed E-state index contributed by atoms with van der Waals surface area (Å²) in [5.74, 6) is -0.791. The molecular formula is C16H17N3O4. The Morgan fingerprint density at radius 2 is 1.74 bits per heavy atom. The Balaban J connectivity index is 1.87. The molecule has 1 aromatic heterocycles. The first-order valence-corrected chi connectivity index (χ1v) is 6.97. The predicted octanol–water partition coefficient (Wildman–Crippen LogP) is 1.63. The second-order valence-corrected chi connectivity index (χ2v) is 4.98. The number of rotatable bonds is 6. The number of aryl methyl sites for hydroxylation is 1. The van der Waals surface area contributed by atoms with Gasteiger partial charge in [-0.15, -0.1) is 0 Å². The molecule has 0 aliphatic heterocycles. The SMILES string of the molecule is Cc1ccc(OCCN(C)C(=O)c2cnc(C(=O)O)cn2)cc1. The third kappa shape index (κ3) is 4.50. The highest BCUT2D eigenvalue weighted by Crippen LogP contribution is 2.11. The lowest BCUT2D eigenvalue weighted by Crippen LogP contribution is -2.31. The van der Waals surface area contributed by atoms with E-state index in [9.17, 15) is 9.59 Å². The molecule has 7 heteroatoms. The molecule has 1 aromatic carbocycles. The van der Waals surface area contributed by atoms with E-state index >= 15 is 0 Å². The van der Waals surface area contributed by atoms with E-state index in [1.807, 2.05) is 31.2 Å². The lowest BCUT2D eigenvalue weighted by Gasteiger charge is -2.17. The number of aromatic nitrogens is 2. The van der Waals surface area contributed by atoms with E-state index < -0.39 is 5.97 Å². The first kappa shape index (κ1) is 16.4. The quantitative estimate of drug-likeness (QED) is 0.871. The van der Waals surface area contributed by atoms with Crippen molar-refractivity contribution in [3.05, 3.63) is 53.6 Å². The summed E-state index contributed by atoms with van der Waals surface area (Å²) in [5, 5.41) is 8.75. The van der Waals surface area contributed by atoms with Gasteiger partial charge in [-0.1, -0.05) is 17.7 Å². The van der Waals surface area contributed by atoms with Gasteiger partial charge in [0.1, 0.15) is 18.1 Å². The van der Waals surface area contributed by atoms with Gasteiger partial charge in [0.05, 0.1) is 18.9 Å². The molecule has 2 rings (SSSR count). The number of likely N-dealkylation sites (N-methyl/N-ethyl adjacent to an activating group) is 1. The van der Waals surface area contributed by atoms with Crippen molar-refractivity contribution in [2.45, 2.75) is 6.92 Å². The van der Waals surface area contributed by atoms with Crippen LogP contribution < -0.4 is 4.74 Å². The van der Waals surface area contributed by atoms with Crippen molar-refractivity contribution in [2.24, 2.45) is 0 Å². The van der Waals surface area contributed by atoms with Crippen molar-refractivity contribution in [3.8, 4) is 5.75 Å². The molecule has 0 spiro atoms. The van der Waals surface area contributed by atoms with Crippen molar-refractivity contribution < 1.29 is 19.4 Å². The number of carbonyl (C=O) groups excluding carboxylic acids is 1. The van der Waals surface area contributed by atoms with Crippen LogP contribution in [0.4, 0.5) is 0 Å². The van der Waals surface area contributed by atoms with Crippen LogP contribution in [-0.2, 0) is 0 Å². The maximum absolute atomic E-state index is 12.1. The van der Waals surface area contributed by atoms with Gasteiger partial charge in [-0.05, 0) is 19.1 Å². The number of benzene rings is 1. The molecule has 0 bridgehead atoms. The summed E-state index contributed by atoms with van der Waals surface area (Å²) in [6, 6.07) is 7.63. The third-order valence-corrected chi connectivity index (χ3v) is 3.15. The van der Waals surface area contributed by atoms with E-state index in [0.717, 1.165) is 23.7 Å². The molecule has 0 saturated carbocycles. The molecule has 120 valence electrons. The Morgan fingerprint density at radius 3 is 2.30 bits per heavy atom. The Morgan fingerprint density at radius 1 is 1.13 bits per heavy atom. The van der Waals surface area contributed by atoms with Crippen molar-refractivity contribution in [2.75, 3.05) is 20.2 Å². The molecule has 0 unspecified atom stereocenters. The van der Waals surface area contributed by atoms with Gasteiger partial charge in [0.15, 0.2) is 5.69 Å². The molecule has 0 aliphatic carbocycles. The van der Waals surface area contributed by atoms with Crippen molar-refractivity contribution in [1.82, 2.24) is 14.9 Å². The second-order valence-electron chi connectivity index (χ2n) is 4.98. The molecule has 7 nitrogen and oxygen atoms in total. The van der Waals surface area contributed by atoms with E-state index in [0.29, 0.717) is 13.2 Å². The van der Waals surface area contributed by atoms with Crippen LogP contribution >= 0.6 is 0 Å². The van der Waals surface area contributed by atoms with Crippen LogP contribution in [0.15, 0.2) is 36.7 Å². The van der Waals surface area contributed by atoms with E-state index in [4.69, 9.17) is 9.84 Å². The zero-order valence-electron chi connectivity index (χ0n) is 12.9. The average Bonchev–Trinajstić information content (AvgIpc) is 2.56. The molecular weight excluding hydrogens is 298 g/mol. The van der Waals surface area contributed by atoms with Crippen LogP contribution in [0.5, 0.6) is 5.75 Å². The highest BCUT2D eigenvalue weighted by Gasteiger charge is 2.15. The van der Waals surface area contributed by atoms with Crippen LogP contribution in [0.2, 0.25) is 0 Å². The van der Waals surface area contributed by atoms with Gasteiger partial charge in [-0.25, -0.2) is 14.8 Å². The van der Waals surface area contributed by atoms with Crippen LogP contribution in [0.3, 0.4) is 0 Å². The van der Waals surface area contributed by atoms with Crippen LogP contribution in [0.1, 0.15) is 26.5 Å². The number of hydrogen-bond acceptors (Lipinski definition) is 5. The number of aromatic carboxylic acids is 1. The maximum atomic E-state index is 12.1. The standard InChI is InChI=1S/C16H17N3O4/c1-11-3-5-12(6-4-11)23-8-7-19(2)15(20)13-9-18-14(10-17-13)16(21)22/h3-6,9-10H,7-8H2,1-2H3,(H,21,22). The summed E-state index contributed by atoms with van der Waals surface area (Å²) in [4.78, 5) is 31.8. The van der Waals surface area contributed by atoms with E-state index in [-0.39, 0.29) is 17.3 Å². The fraction of sp³-hybridized carbons (Fsp3) is 0.250. The average molecular weight is 315 g/mol. The monoisotopic (exact) mass is 315 g/mol. The highest BCUT2D eigenvalue weighted by atomic mass is 16.5. The van der Waals surface area contributed by atoms with Crippen molar-refractivity contribution in [1.29, 1.82) is 0 Å². The number of nitrogens with zero attached hydrogens (tertiary/aromatic N) is 3. The zero-order chi connectivity index (χ0) is 16.8. The third-order valence-electron chi connectivity index (χ3n) is 3.15. The summed E-state index contributed by atoms with van der Waals surface area (Å²) < 4.78 is 5.56. The van der Waals surface area contributed by atoms with Crippen molar-refractivity contribution >= 4 is 11.9 Å². The molecule has 0 atom stereocenters.